The molecular weight excluding hydrogens is 256 g/mol. The highest BCUT2D eigenvalue weighted by atomic mass is 16.5. The maximum atomic E-state index is 12.3. The van der Waals surface area contributed by atoms with Crippen LogP contribution in [0.25, 0.3) is 0 Å². The average molecular weight is 268 g/mol. The first kappa shape index (κ1) is 12.4. The number of hydrogen-bond donors (Lipinski definition) is 1. The second-order valence-corrected chi connectivity index (χ2v) is 4.72. The Morgan fingerprint density at radius 3 is 2.75 bits per heavy atom. The van der Waals surface area contributed by atoms with Gasteiger partial charge in [-0.15, -0.1) is 0 Å². The van der Waals surface area contributed by atoms with Crippen LogP contribution >= 0.6 is 0 Å². The molecule has 100 valence electrons. The number of hydrogen-bond acceptors (Lipinski definition) is 4. The molecule has 2 aromatic carbocycles. The van der Waals surface area contributed by atoms with Gasteiger partial charge in [0.2, 0.25) is 0 Å². The van der Waals surface area contributed by atoms with Gasteiger partial charge < -0.3 is 9.84 Å². The lowest BCUT2D eigenvalue weighted by molar-refractivity contribution is 0.0992. The van der Waals surface area contributed by atoms with Crippen LogP contribution in [0.5, 0.6) is 17.2 Å². The molecule has 3 rings (SSSR count). The predicted molar refractivity (Wildman–Crippen MR) is 72.7 cm³/mol. The number of carbonyl (C=O) groups is 2. The third-order valence-electron chi connectivity index (χ3n) is 3.33. The van der Waals surface area contributed by atoms with Gasteiger partial charge in [-0.1, -0.05) is 12.1 Å². The van der Waals surface area contributed by atoms with E-state index in [2.05, 4.69) is 0 Å². The molecule has 1 aliphatic rings. The number of carbonyl (C=O) groups excluding carboxylic acids is 2. The average Bonchev–Trinajstić information content (AvgIpc) is 2.55. The van der Waals surface area contributed by atoms with Gasteiger partial charge in [0.05, 0.1) is 5.56 Å². The van der Waals surface area contributed by atoms with E-state index in [4.69, 9.17) is 4.74 Å². The molecule has 0 amide bonds. The summed E-state index contributed by atoms with van der Waals surface area (Å²) in [5.41, 5.74) is 1.42. The van der Waals surface area contributed by atoms with Crippen molar-refractivity contribution in [3.63, 3.8) is 0 Å². The number of ketones is 2. The lowest BCUT2D eigenvalue weighted by Gasteiger charge is -2.10. The number of benzene rings is 2. The Morgan fingerprint density at radius 2 is 2.00 bits per heavy atom. The normalized spacial score (nSPS) is 12.9. The van der Waals surface area contributed by atoms with Gasteiger partial charge >= 0.3 is 0 Å². The van der Waals surface area contributed by atoms with Crippen LogP contribution in [-0.2, 0) is 6.42 Å². The van der Waals surface area contributed by atoms with Crippen LogP contribution < -0.4 is 4.74 Å². The smallest absolute Gasteiger partial charge is 0.171 e. The molecule has 4 nitrogen and oxygen atoms in total. The van der Waals surface area contributed by atoms with Crippen LogP contribution in [0.2, 0.25) is 0 Å². The number of ether oxygens (including phenoxy) is 1. The molecule has 0 fully saturated rings. The molecule has 1 N–H and O–H groups in total. The first-order valence-corrected chi connectivity index (χ1v) is 6.23. The molecule has 0 unspecified atom stereocenters. The molecule has 1 heterocycles. The standard InChI is InChI=1S/C16H12O4/c1-9(17)11-3-2-4-15-12(11)8-14(19)13-7-10(18)5-6-16(13)20-15/h2-7,18H,8H2,1H3. The molecule has 0 saturated heterocycles. The van der Waals surface area contributed by atoms with E-state index in [0.29, 0.717) is 28.2 Å². The Balaban J connectivity index is 2.19. The predicted octanol–water partition coefficient (Wildman–Crippen LogP) is 3.13. The van der Waals surface area contributed by atoms with Gasteiger partial charge in [-0.3, -0.25) is 9.59 Å². The monoisotopic (exact) mass is 268 g/mol. The number of phenols is 1. The minimum Gasteiger partial charge on any atom is -0.508 e. The Kier molecular flexibility index (Phi) is 2.79. The van der Waals surface area contributed by atoms with Crippen molar-refractivity contribution in [3.05, 3.63) is 53.1 Å². The summed E-state index contributed by atoms with van der Waals surface area (Å²) in [5, 5.41) is 9.50. The number of fused-ring (bicyclic) bond motifs is 2. The first-order chi connectivity index (χ1) is 9.56. The van der Waals surface area contributed by atoms with Gasteiger partial charge in [0.25, 0.3) is 0 Å². The summed E-state index contributed by atoms with van der Waals surface area (Å²) in [4.78, 5) is 23.9. The van der Waals surface area contributed by atoms with Gasteiger partial charge in [0, 0.05) is 17.5 Å². The maximum Gasteiger partial charge on any atom is 0.171 e. The molecular formula is C16H12O4. The van der Waals surface area contributed by atoms with E-state index < -0.39 is 0 Å². The highest BCUT2D eigenvalue weighted by Crippen LogP contribution is 2.36. The molecule has 2 aromatic rings. The molecule has 4 heteroatoms. The van der Waals surface area contributed by atoms with E-state index in [-0.39, 0.29) is 23.7 Å². The van der Waals surface area contributed by atoms with E-state index >= 15 is 0 Å². The topological polar surface area (TPSA) is 63.6 Å². The molecule has 0 aromatic heterocycles. The molecule has 20 heavy (non-hydrogen) atoms. The first-order valence-electron chi connectivity index (χ1n) is 6.23. The summed E-state index contributed by atoms with van der Waals surface area (Å²) >= 11 is 0. The molecule has 0 spiro atoms. The van der Waals surface area contributed by atoms with Crippen molar-refractivity contribution >= 4 is 11.6 Å². The van der Waals surface area contributed by atoms with Crippen molar-refractivity contribution in [1.82, 2.24) is 0 Å². The highest BCUT2D eigenvalue weighted by Gasteiger charge is 2.24. The summed E-state index contributed by atoms with van der Waals surface area (Å²) in [5.74, 6) is 0.636. The van der Waals surface area contributed by atoms with E-state index in [1.165, 1.54) is 19.1 Å². The van der Waals surface area contributed by atoms with Crippen molar-refractivity contribution in [2.45, 2.75) is 13.3 Å². The maximum absolute atomic E-state index is 12.3. The quantitative estimate of drug-likeness (QED) is 0.807. The summed E-state index contributed by atoms with van der Waals surface area (Å²) in [6.45, 7) is 1.46. The molecule has 0 atom stereocenters. The zero-order valence-corrected chi connectivity index (χ0v) is 10.8. The van der Waals surface area contributed by atoms with Crippen molar-refractivity contribution in [2.24, 2.45) is 0 Å². The minimum absolute atomic E-state index is 0.0125. The van der Waals surface area contributed by atoms with Crippen LogP contribution in [0.4, 0.5) is 0 Å². The number of aromatic hydroxyl groups is 1. The lowest BCUT2D eigenvalue weighted by Crippen LogP contribution is -2.06. The van der Waals surface area contributed by atoms with E-state index in [1.807, 2.05) is 0 Å². The Morgan fingerprint density at radius 1 is 1.20 bits per heavy atom. The van der Waals surface area contributed by atoms with Crippen molar-refractivity contribution < 1.29 is 19.4 Å². The van der Waals surface area contributed by atoms with Gasteiger partial charge in [-0.2, -0.15) is 0 Å². The van der Waals surface area contributed by atoms with E-state index in [1.54, 1.807) is 24.3 Å². The molecule has 0 bridgehead atoms. The van der Waals surface area contributed by atoms with E-state index in [9.17, 15) is 14.7 Å². The number of Topliss-reactive ketones (excluding diaryl/α,β-unsaturated/α-hetero) is 2. The van der Waals surface area contributed by atoms with Crippen LogP contribution in [0.3, 0.4) is 0 Å². The minimum atomic E-state index is -0.177. The van der Waals surface area contributed by atoms with Gasteiger partial charge in [0.1, 0.15) is 17.2 Å². The third kappa shape index (κ3) is 1.95. The molecule has 0 radical (unpaired) electrons. The largest absolute Gasteiger partial charge is 0.508 e. The zero-order valence-electron chi connectivity index (χ0n) is 10.8. The zero-order chi connectivity index (χ0) is 14.3. The summed E-state index contributed by atoms with van der Waals surface area (Å²) in [7, 11) is 0. The van der Waals surface area contributed by atoms with Crippen molar-refractivity contribution in [3.8, 4) is 17.2 Å². The third-order valence-corrected chi connectivity index (χ3v) is 3.33. The van der Waals surface area contributed by atoms with E-state index in [0.717, 1.165) is 0 Å². The second kappa shape index (κ2) is 4.49. The molecule has 1 aliphatic heterocycles. The van der Waals surface area contributed by atoms with Gasteiger partial charge in [-0.25, -0.2) is 0 Å². The Bertz CT molecular complexity index is 731. The highest BCUT2D eigenvalue weighted by molar-refractivity contribution is 6.04. The Labute approximate surface area is 115 Å². The fraction of sp³-hybridized carbons (Fsp3) is 0.125. The van der Waals surface area contributed by atoms with Crippen LogP contribution in [0.15, 0.2) is 36.4 Å². The SMILES string of the molecule is CC(=O)c1cccc2c1CC(=O)c1cc(O)ccc1O2. The fourth-order valence-electron chi connectivity index (χ4n) is 2.37. The lowest BCUT2D eigenvalue weighted by atomic mass is 9.97. The Hall–Kier alpha value is -2.62. The molecule has 0 saturated carbocycles. The van der Waals surface area contributed by atoms with Crippen molar-refractivity contribution in [1.29, 1.82) is 0 Å². The summed E-state index contributed by atoms with van der Waals surface area (Å²) in [6, 6.07) is 9.55. The summed E-state index contributed by atoms with van der Waals surface area (Å²) in [6.07, 6.45) is 0.0849. The number of rotatable bonds is 1. The second-order valence-electron chi connectivity index (χ2n) is 4.72. The van der Waals surface area contributed by atoms with Crippen LogP contribution in [0, 0.1) is 0 Å². The fourth-order valence-corrected chi connectivity index (χ4v) is 2.37. The molecule has 0 aliphatic carbocycles. The number of phenolic OH excluding ortho intramolecular Hbond substituents is 1. The van der Waals surface area contributed by atoms with Gasteiger partial charge in [0.15, 0.2) is 11.6 Å². The van der Waals surface area contributed by atoms with Gasteiger partial charge in [-0.05, 0) is 31.2 Å². The van der Waals surface area contributed by atoms with Crippen molar-refractivity contribution in [2.75, 3.05) is 0 Å². The van der Waals surface area contributed by atoms with Crippen LogP contribution in [0.1, 0.15) is 33.2 Å². The van der Waals surface area contributed by atoms with Crippen LogP contribution in [-0.4, -0.2) is 16.7 Å². The summed E-state index contributed by atoms with van der Waals surface area (Å²) < 4.78 is 5.73.